The Hall–Kier alpha value is -2.91. The summed E-state index contributed by atoms with van der Waals surface area (Å²) < 4.78 is 7.65. The number of anilines is 1. The molecule has 0 aliphatic carbocycles. The summed E-state index contributed by atoms with van der Waals surface area (Å²) in [4.78, 5) is 25.5. The number of benzene rings is 1. The molecule has 0 amide bonds. The molecule has 0 radical (unpaired) electrons. The van der Waals surface area contributed by atoms with Crippen LogP contribution in [0.2, 0.25) is 5.02 Å². The summed E-state index contributed by atoms with van der Waals surface area (Å²) in [6.07, 6.45) is 0.791. The van der Waals surface area contributed by atoms with Crippen molar-refractivity contribution in [1.82, 2.24) is 29.7 Å². The van der Waals surface area contributed by atoms with E-state index in [0.717, 1.165) is 18.5 Å². The number of carbonyl (C=O) groups is 1. The predicted molar refractivity (Wildman–Crippen MR) is 147 cm³/mol. The second kappa shape index (κ2) is 15.0. The highest BCUT2D eigenvalue weighted by molar-refractivity contribution is 6.30. The Morgan fingerprint density at radius 1 is 1.18 bits per heavy atom. The van der Waals surface area contributed by atoms with Crippen molar-refractivity contribution in [2.45, 2.75) is 50.8 Å². The molecule has 2 aromatic heterocycles. The van der Waals surface area contributed by atoms with Crippen LogP contribution in [0.25, 0.3) is 11.2 Å². The van der Waals surface area contributed by atoms with Crippen LogP contribution in [0.5, 0.6) is 0 Å². The summed E-state index contributed by atoms with van der Waals surface area (Å²) in [7, 11) is 0. The van der Waals surface area contributed by atoms with Crippen molar-refractivity contribution in [3.63, 3.8) is 0 Å². The Balaban J connectivity index is 1.62. The molecular weight excluding hydrogens is 528 g/mol. The van der Waals surface area contributed by atoms with Gasteiger partial charge >= 0.3 is 5.97 Å². The lowest BCUT2D eigenvalue weighted by molar-refractivity contribution is -0.138. The fourth-order valence-corrected chi connectivity index (χ4v) is 4.11. The number of hydrogen-bond donors (Lipinski definition) is 6. The summed E-state index contributed by atoms with van der Waals surface area (Å²) >= 11 is 5.94. The van der Waals surface area contributed by atoms with E-state index in [0.29, 0.717) is 35.8 Å². The van der Waals surface area contributed by atoms with Crippen molar-refractivity contribution in [2.75, 3.05) is 38.5 Å². The number of imidazole rings is 1. The number of fused-ring (bicyclic) bond motifs is 1. The average Bonchev–Trinajstić information content (AvgIpc) is 3.33. The number of halogens is 1. The predicted octanol–water partition coefficient (Wildman–Crippen LogP) is 0.0826. The van der Waals surface area contributed by atoms with Crippen molar-refractivity contribution < 1.29 is 24.9 Å². The monoisotopic (exact) mass is 564 g/mol. The van der Waals surface area contributed by atoms with Gasteiger partial charge < -0.3 is 36.8 Å². The van der Waals surface area contributed by atoms with Gasteiger partial charge in [0.05, 0.1) is 12.4 Å². The van der Waals surface area contributed by atoms with E-state index >= 15 is 0 Å². The van der Waals surface area contributed by atoms with Crippen LogP contribution in [0.3, 0.4) is 0 Å². The number of aliphatic hydroxyl groups is 2. The number of carboxylic acids is 1. The summed E-state index contributed by atoms with van der Waals surface area (Å²) in [6, 6.07) is 6.65. The van der Waals surface area contributed by atoms with E-state index in [1.54, 1.807) is 4.57 Å². The topological polar surface area (TPSA) is 198 Å². The van der Waals surface area contributed by atoms with Crippen LogP contribution in [0, 0.1) is 0 Å². The number of ether oxygens (including phenoxy) is 1. The van der Waals surface area contributed by atoms with Gasteiger partial charge in [0.25, 0.3) is 0 Å². The second-order valence-electron chi connectivity index (χ2n) is 9.37. The number of carboxylic acid groups (broad SMARTS) is 1. The number of nitrogens with one attached hydrogen (secondary N) is 1. The van der Waals surface area contributed by atoms with Gasteiger partial charge in [-0.1, -0.05) is 23.7 Å². The summed E-state index contributed by atoms with van der Waals surface area (Å²) in [6.45, 7) is 3.93. The van der Waals surface area contributed by atoms with Crippen LogP contribution in [0.15, 0.2) is 36.9 Å². The minimum absolute atomic E-state index is 0.0107. The van der Waals surface area contributed by atoms with Gasteiger partial charge in [-0.25, -0.2) is 15.0 Å². The normalized spacial score (nSPS) is 14.9. The number of nitrogen functional groups attached to an aromatic ring is 1. The molecule has 2 unspecified atom stereocenters. The van der Waals surface area contributed by atoms with Crippen molar-refractivity contribution in [2.24, 2.45) is 5.73 Å². The van der Waals surface area contributed by atoms with E-state index in [2.05, 4.69) is 20.3 Å². The Labute approximate surface area is 231 Å². The molecule has 0 saturated carbocycles. The molecule has 14 heteroatoms. The molecule has 0 saturated heterocycles. The van der Waals surface area contributed by atoms with E-state index in [1.165, 1.54) is 19.6 Å². The highest BCUT2D eigenvalue weighted by Gasteiger charge is 2.27. The van der Waals surface area contributed by atoms with Gasteiger partial charge in [0.1, 0.15) is 36.8 Å². The zero-order valence-corrected chi connectivity index (χ0v) is 22.6. The van der Waals surface area contributed by atoms with E-state index in [-0.39, 0.29) is 25.5 Å². The van der Waals surface area contributed by atoms with Crippen LogP contribution in [0.4, 0.5) is 5.82 Å². The van der Waals surface area contributed by atoms with E-state index in [9.17, 15) is 20.1 Å². The molecule has 0 fully saturated rings. The molecule has 214 valence electrons. The van der Waals surface area contributed by atoms with Crippen LogP contribution < -0.4 is 16.8 Å². The number of nitrogens with zero attached hydrogens (tertiary/aromatic N) is 5. The molecule has 39 heavy (non-hydrogen) atoms. The van der Waals surface area contributed by atoms with E-state index in [1.807, 2.05) is 29.2 Å². The first-order valence-electron chi connectivity index (χ1n) is 12.7. The maximum absolute atomic E-state index is 11.3. The first-order chi connectivity index (χ1) is 18.7. The summed E-state index contributed by atoms with van der Waals surface area (Å²) in [5.41, 5.74) is 13.7. The van der Waals surface area contributed by atoms with Crippen molar-refractivity contribution >= 4 is 34.6 Å². The third-order valence-electron chi connectivity index (χ3n) is 6.35. The molecule has 4 atom stereocenters. The molecule has 8 N–H and O–H groups in total. The van der Waals surface area contributed by atoms with Crippen molar-refractivity contribution in [3.05, 3.63) is 47.5 Å². The zero-order chi connectivity index (χ0) is 28.4. The number of aliphatic hydroxyl groups excluding tert-OH is 2. The maximum atomic E-state index is 11.3. The molecule has 3 aromatic rings. The Kier molecular flexibility index (Phi) is 11.8. The van der Waals surface area contributed by atoms with Crippen LogP contribution in [-0.4, -0.2) is 103 Å². The van der Waals surface area contributed by atoms with Gasteiger partial charge in [0.2, 0.25) is 0 Å². The minimum atomic E-state index is -1.20. The van der Waals surface area contributed by atoms with Gasteiger partial charge in [-0.2, -0.15) is 0 Å². The lowest BCUT2D eigenvalue weighted by atomic mass is 10.1. The Bertz CT molecular complexity index is 1180. The largest absolute Gasteiger partial charge is 0.480 e. The van der Waals surface area contributed by atoms with Gasteiger partial charge in [-0.3, -0.25) is 14.3 Å². The number of aromatic nitrogens is 4. The third-order valence-corrected chi connectivity index (χ3v) is 6.60. The second-order valence-corrected chi connectivity index (χ2v) is 9.81. The molecule has 1 aromatic carbocycles. The number of nitrogens with two attached hydrogens (primary N) is 2. The fraction of sp³-hybridized carbons (Fsp3) is 0.520. The maximum Gasteiger partial charge on any atom is 0.320 e. The highest BCUT2D eigenvalue weighted by Crippen LogP contribution is 2.16. The highest BCUT2D eigenvalue weighted by atomic mass is 35.5. The Morgan fingerprint density at radius 2 is 1.92 bits per heavy atom. The molecule has 0 aliphatic rings. The van der Waals surface area contributed by atoms with Crippen LogP contribution >= 0.6 is 11.6 Å². The number of hydrogen-bond acceptors (Lipinski definition) is 11. The lowest BCUT2D eigenvalue weighted by Crippen LogP contribution is -2.48. The van der Waals surface area contributed by atoms with Gasteiger partial charge in [0, 0.05) is 31.2 Å². The molecule has 13 nitrogen and oxygen atoms in total. The fourth-order valence-electron chi connectivity index (χ4n) is 3.98. The van der Waals surface area contributed by atoms with Gasteiger partial charge in [-0.15, -0.1) is 0 Å². The quantitative estimate of drug-likeness (QED) is 0.121. The summed E-state index contributed by atoms with van der Waals surface area (Å²) in [5.74, 6) is -0.843. The smallest absolute Gasteiger partial charge is 0.320 e. The number of rotatable bonds is 17. The van der Waals surface area contributed by atoms with Crippen molar-refractivity contribution in [3.8, 4) is 0 Å². The standard InChI is InChI=1S/C25H37ClN8O5/c1-16(35)22(36)20(39-15-34-14-32-21-23(28)30-13-31-24(21)34)12-33(10-7-19(27)25(37)38)11-9-29-8-6-17-2-4-18(26)5-3-17/h2-5,13-14,16,19-20,22,29,35-36H,6-12,15,27H2,1H3,(H,37,38)(H2,28,30,31)/t16-,19?,20?,22-/m0/s1. The molecule has 3 rings (SSSR count). The van der Waals surface area contributed by atoms with Crippen LogP contribution in [0.1, 0.15) is 18.9 Å². The summed E-state index contributed by atoms with van der Waals surface area (Å²) in [5, 5.41) is 34.1. The first kappa shape index (κ1) is 30.6. The molecule has 0 spiro atoms. The molecule has 0 aliphatic heterocycles. The van der Waals surface area contributed by atoms with Gasteiger partial charge in [0.15, 0.2) is 11.5 Å². The molecule has 0 bridgehead atoms. The van der Waals surface area contributed by atoms with E-state index < -0.39 is 30.3 Å². The lowest BCUT2D eigenvalue weighted by Gasteiger charge is -2.32. The first-order valence-corrected chi connectivity index (χ1v) is 13.1. The van der Waals surface area contributed by atoms with Crippen molar-refractivity contribution in [1.29, 1.82) is 0 Å². The molecule has 2 heterocycles. The zero-order valence-electron chi connectivity index (χ0n) is 21.9. The minimum Gasteiger partial charge on any atom is -0.480 e. The average molecular weight is 565 g/mol. The number of aliphatic carboxylic acids is 1. The Morgan fingerprint density at radius 3 is 2.62 bits per heavy atom. The molecular formula is C25H37ClN8O5. The van der Waals surface area contributed by atoms with Crippen LogP contribution in [-0.2, 0) is 22.7 Å². The SMILES string of the molecule is C[C@H](O)[C@H](O)C(CN(CCNCCc1ccc(Cl)cc1)CCC(N)C(=O)O)OCn1cnc2c(N)ncnc21. The third kappa shape index (κ3) is 9.35. The van der Waals surface area contributed by atoms with Gasteiger partial charge in [-0.05, 0) is 44.0 Å². The van der Waals surface area contributed by atoms with E-state index in [4.69, 9.17) is 27.8 Å².